The fraction of sp³-hybridized carbons (Fsp3) is 0. The van der Waals surface area contributed by atoms with Gasteiger partial charge >= 0.3 is 0 Å². The van der Waals surface area contributed by atoms with E-state index in [-0.39, 0.29) is 26.7 Å². The third kappa shape index (κ3) is 4.07. The lowest BCUT2D eigenvalue weighted by Crippen LogP contribution is -2.18. The molecule has 22 heavy (non-hydrogen) atoms. The minimum atomic E-state index is -3.80. The zero-order valence-electron chi connectivity index (χ0n) is 10.7. The molecule has 0 saturated heterocycles. The van der Waals surface area contributed by atoms with Crippen LogP contribution in [0.2, 0.25) is 10.3 Å². The van der Waals surface area contributed by atoms with Crippen LogP contribution in [-0.4, -0.2) is 24.6 Å². The fourth-order valence-corrected chi connectivity index (χ4v) is 2.66. The largest absolute Gasteiger partial charge is 0.382 e. The molecule has 0 aliphatic rings. The average Bonchev–Trinajstić information content (AvgIpc) is 2.44. The Morgan fingerprint density at radius 1 is 1.18 bits per heavy atom. The first kappa shape index (κ1) is 16.9. The van der Waals surface area contributed by atoms with E-state index in [0.29, 0.717) is 0 Å². The Hall–Kier alpha value is -1.42. The van der Waals surface area contributed by atoms with Crippen LogP contribution in [-0.2, 0) is 10.0 Å². The first-order valence-corrected chi connectivity index (χ1v) is 8.62. The number of hydrogen-bond donors (Lipinski definition) is 2. The second-order valence-corrected chi connectivity index (χ2v) is 7.18. The monoisotopic (exact) mass is 423 g/mol. The zero-order valence-corrected chi connectivity index (χ0v) is 14.6. The zero-order chi connectivity index (χ0) is 16.3. The van der Waals surface area contributed by atoms with Crippen molar-refractivity contribution in [3.8, 4) is 0 Å². The van der Waals surface area contributed by atoms with Gasteiger partial charge in [-0.1, -0.05) is 39.1 Å². The number of sulfonamides is 1. The Morgan fingerprint density at radius 2 is 1.77 bits per heavy atom. The normalized spacial score (nSPS) is 11.8. The molecule has 2 aromatic rings. The highest BCUT2D eigenvalue weighted by atomic mass is 79.9. The van der Waals surface area contributed by atoms with Gasteiger partial charge in [-0.15, -0.1) is 0 Å². The van der Waals surface area contributed by atoms with E-state index < -0.39 is 10.0 Å². The summed E-state index contributed by atoms with van der Waals surface area (Å²) in [5, 5.41) is 3.47. The topological polar surface area (TPSA) is 110 Å². The molecule has 11 heteroatoms. The van der Waals surface area contributed by atoms with Gasteiger partial charge in [0.25, 0.3) is 10.0 Å². The van der Waals surface area contributed by atoms with Crippen LogP contribution in [0.4, 0.5) is 5.82 Å². The van der Waals surface area contributed by atoms with Gasteiger partial charge in [0.15, 0.2) is 16.1 Å². The smallest absolute Gasteiger partial charge is 0.276 e. The molecule has 0 spiro atoms. The summed E-state index contributed by atoms with van der Waals surface area (Å²) in [6.07, 6.45) is 1.08. The third-order valence-electron chi connectivity index (χ3n) is 2.35. The molecule has 0 bridgehead atoms. The maximum atomic E-state index is 12.0. The number of aromatic nitrogens is 2. The van der Waals surface area contributed by atoms with E-state index in [9.17, 15) is 8.42 Å². The van der Waals surface area contributed by atoms with Crippen molar-refractivity contribution in [1.82, 2.24) is 14.8 Å². The number of halogens is 3. The molecule has 0 unspecified atom stereocenters. The lowest BCUT2D eigenvalue weighted by Gasteiger charge is -2.04. The average molecular weight is 425 g/mol. The van der Waals surface area contributed by atoms with Gasteiger partial charge in [-0.2, -0.15) is 13.5 Å². The molecule has 0 aliphatic carbocycles. The Labute approximate surface area is 144 Å². The number of hydrogen-bond acceptors (Lipinski definition) is 6. The maximum Gasteiger partial charge on any atom is 0.276 e. The van der Waals surface area contributed by atoms with Gasteiger partial charge in [0, 0.05) is 4.47 Å². The summed E-state index contributed by atoms with van der Waals surface area (Å²) in [7, 11) is -3.80. The van der Waals surface area contributed by atoms with Gasteiger partial charge in [-0.05, 0) is 24.3 Å². The molecular formula is C11H8BrCl2N5O2S. The highest BCUT2D eigenvalue weighted by molar-refractivity contribution is 9.10. The van der Waals surface area contributed by atoms with Crippen molar-refractivity contribution in [1.29, 1.82) is 0 Å². The molecule has 2 rings (SSSR count). The lowest BCUT2D eigenvalue weighted by molar-refractivity contribution is 0.584. The van der Waals surface area contributed by atoms with Gasteiger partial charge < -0.3 is 5.73 Å². The molecule has 3 N–H and O–H groups in total. The summed E-state index contributed by atoms with van der Waals surface area (Å²) in [6, 6.07) is 6.05. The molecule has 0 amide bonds. The summed E-state index contributed by atoms with van der Waals surface area (Å²) in [4.78, 5) is 9.65. The number of benzene rings is 1. The summed E-state index contributed by atoms with van der Waals surface area (Å²) < 4.78 is 24.7. The Bertz CT molecular complexity index is 827. The minimum Gasteiger partial charge on any atom is -0.382 e. The van der Waals surface area contributed by atoms with E-state index in [1.54, 1.807) is 12.1 Å². The van der Waals surface area contributed by atoms with E-state index in [1.165, 1.54) is 12.1 Å². The van der Waals surface area contributed by atoms with E-state index in [1.807, 2.05) is 4.83 Å². The van der Waals surface area contributed by atoms with Crippen LogP contribution >= 0.6 is 39.1 Å². The molecule has 116 valence electrons. The summed E-state index contributed by atoms with van der Waals surface area (Å²) in [5.74, 6) is -0.0269. The Balaban J connectivity index is 2.18. The highest BCUT2D eigenvalue weighted by Crippen LogP contribution is 2.19. The number of nitrogens with two attached hydrogens (primary N) is 1. The molecule has 0 fully saturated rings. The Kier molecular flexibility index (Phi) is 5.22. The van der Waals surface area contributed by atoms with Gasteiger partial charge in [-0.25, -0.2) is 14.8 Å². The molecule has 0 atom stereocenters. The summed E-state index contributed by atoms with van der Waals surface area (Å²) >= 11 is 14.6. The first-order valence-electron chi connectivity index (χ1n) is 5.58. The van der Waals surface area contributed by atoms with Crippen molar-refractivity contribution in [2.24, 2.45) is 5.10 Å². The number of nitrogens with zero attached hydrogens (tertiary/aromatic N) is 3. The Morgan fingerprint density at radius 3 is 2.41 bits per heavy atom. The second-order valence-electron chi connectivity index (χ2n) is 3.88. The van der Waals surface area contributed by atoms with Crippen LogP contribution in [0.25, 0.3) is 0 Å². The van der Waals surface area contributed by atoms with Gasteiger partial charge in [-0.3, -0.25) is 0 Å². The van der Waals surface area contributed by atoms with Crippen molar-refractivity contribution in [3.05, 3.63) is 44.7 Å². The van der Waals surface area contributed by atoms with Crippen molar-refractivity contribution in [2.45, 2.75) is 4.90 Å². The number of anilines is 1. The van der Waals surface area contributed by atoms with Crippen LogP contribution < -0.4 is 10.6 Å². The van der Waals surface area contributed by atoms with E-state index in [2.05, 4.69) is 31.0 Å². The maximum absolute atomic E-state index is 12.0. The molecule has 1 aromatic heterocycles. The first-order chi connectivity index (χ1) is 10.3. The molecule has 7 nitrogen and oxygen atoms in total. The number of rotatable bonds is 4. The lowest BCUT2D eigenvalue weighted by atomic mass is 10.4. The SMILES string of the molecule is Nc1nc(Cl)c(Cl)nc1C=NNS(=O)(=O)c1ccc(Br)cc1. The van der Waals surface area contributed by atoms with Crippen LogP contribution in [0.15, 0.2) is 38.7 Å². The minimum absolute atomic E-state index is 0.0269. The standard InChI is InChI=1S/C11H8BrCl2N5O2S/c12-6-1-3-7(4-2-6)22(20,21)19-16-5-8-11(15)18-10(14)9(13)17-8/h1-5,19H,(H2,15,18). The highest BCUT2D eigenvalue weighted by Gasteiger charge is 2.12. The van der Waals surface area contributed by atoms with Gasteiger partial charge in [0.2, 0.25) is 0 Å². The summed E-state index contributed by atoms with van der Waals surface area (Å²) in [6.45, 7) is 0. The van der Waals surface area contributed by atoms with Gasteiger partial charge in [0.1, 0.15) is 5.69 Å². The predicted octanol–water partition coefficient (Wildman–Crippen LogP) is 2.44. The van der Waals surface area contributed by atoms with Gasteiger partial charge in [0.05, 0.1) is 11.1 Å². The molecule has 0 aliphatic heterocycles. The molecular weight excluding hydrogens is 417 g/mol. The van der Waals surface area contributed by atoms with Crippen molar-refractivity contribution in [2.75, 3.05) is 5.73 Å². The van der Waals surface area contributed by atoms with Crippen LogP contribution in [0.1, 0.15) is 5.69 Å². The molecule has 1 aromatic carbocycles. The van der Waals surface area contributed by atoms with E-state index in [0.717, 1.165) is 10.7 Å². The van der Waals surface area contributed by atoms with E-state index in [4.69, 9.17) is 28.9 Å². The van der Waals surface area contributed by atoms with Crippen molar-refractivity contribution in [3.63, 3.8) is 0 Å². The fourth-order valence-electron chi connectivity index (χ4n) is 1.34. The number of hydrazone groups is 1. The van der Waals surface area contributed by atoms with Crippen molar-refractivity contribution >= 4 is 61.2 Å². The van der Waals surface area contributed by atoms with Crippen molar-refractivity contribution < 1.29 is 8.42 Å². The van der Waals surface area contributed by atoms with E-state index >= 15 is 0 Å². The summed E-state index contributed by atoms with van der Waals surface area (Å²) in [5.41, 5.74) is 5.67. The van der Waals surface area contributed by atoms with Crippen LogP contribution in [0.5, 0.6) is 0 Å². The molecule has 0 saturated carbocycles. The number of nitrogen functional groups attached to an aromatic ring is 1. The third-order valence-corrected chi connectivity index (χ3v) is 4.74. The molecule has 0 radical (unpaired) electrons. The van der Waals surface area contributed by atoms with Crippen LogP contribution in [0.3, 0.4) is 0 Å². The second kappa shape index (κ2) is 6.78. The number of nitrogens with one attached hydrogen (secondary N) is 1. The van der Waals surface area contributed by atoms with Crippen LogP contribution in [0, 0.1) is 0 Å². The molecule has 1 heterocycles. The predicted molar refractivity (Wildman–Crippen MR) is 88.5 cm³/mol. The quantitative estimate of drug-likeness (QED) is 0.578.